The van der Waals surface area contributed by atoms with Gasteiger partial charge in [0.05, 0.1) is 56.6 Å². The lowest BCUT2D eigenvalue weighted by Gasteiger charge is -2.50. The van der Waals surface area contributed by atoms with Gasteiger partial charge in [-0.1, -0.05) is 0 Å². The van der Waals surface area contributed by atoms with Crippen LogP contribution in [0.1, 0.15) is 108 Å². The van der Waals surface area contributed by atoms with Gasteiger partial charge in [0.2, 0.25) is 11.8 Å². The fourth-order valence-electron chi connectivity index (χ4n) is 12.1. The predicted molar refractivity (Wildman–Crippen MR) is 266 cm³/mol. The van der Waals surface area contributed by atoms with Crippen molar-refractivity contribution < 1.29 is 33.5 Å². The summed E-state index contributed by atoms with van der Waals surface area (Å²) in [6, 6.07) is 10.7. The molecule has 0 bridgehead atoms. The highest BCUT2D eigenvalue weighted by molar-refractivity contribution is 7.14. The molecule has 0 spiro atoms. The molecule has 0 saturated carbocycles. The second-order valence-electron chi connectivity index (χ2n) is 19.7. The molecule has 5 aromatic rings. The number of piperidine rings is 2. The maximum atomic E-state index is 14.0. The zero-order valence-electron chi connectivity index (χ0n) is 39.5. The molecule has 19 heteroatoms. The fourth-order valence-corrected chi connectivity index (χ4v) is 13.5. The molecule has 1 aliphatic carbocycles. The molecule has 1 aromatic carbocycles. The first-order valence-corrected chi connectivity index (χ1v) is 25.5. The van der Waals surface area contributed by atoms with Gasteiger partial charge in [0.1, 0.15) is 24.3 Å². The monoisotopic (exact) mass is 975 g/mol. The molecule has 12 rings (SSSR count). The van der Waals surface area contributed by atoms with E-state index < -0.39 is 35.6 Å². The average Bonchev–Trinajstić information content (AvgIpc) is 3.88. The van der Waals surface area contributed by atoms with E-state index in [-0.39, 0.29) is 47.5 Å². The Morgan fingerprint density at radius 1 is 0.845 bits per heavy atom. The summed E-state index contributed by atoms with van der Waals surface area (Å²) < 4.78 is 6.33. The number of thiophene rings is 1. The zero-order valence-corrected chi connectivity index (χ0v) is 40.3. The number of rotatable bonds is 8. The number of pyridine rings is 3. The standard InChI is InChI=1S/C52H53N11O7S/c1-27-25-59(29-14-17-61-31(21-29)26-70-45-39(61)9-8-35-44(45)51(68)63(50(35)67)40-10-12-43(64)58-49(40)66)19-20-60(27)30-7-11-42(56-23-30)57-38-22-37(55-24-36(38)47(53)65)32-13-16-54-48(28(32)2)62-18-15-34-33-5-3-4-6-41(33)71-46(34)52(62)69/h7-9,11,13,16,22-24,27,29,31,40H,3-6,10,12,14-15,17-21,25-26H2,1-2H3,(H2,53,65)(H,55,56,57)(H,58,64,66)/t27-,29?,31?,40?/m0/s1. The summed E-state index contributed by atoms with van der Waals surface area (Å²) in [5.41, 5.74) is 13.6. The number of amides is 6. The van der Waals surface area contributed by atoms with Gasteiger partial charge >= 0.3 is 0 Å². The maximum Gasteiger partial charge on any atom is 0.269 e. The third-order valence-corrected chi connectivity index (χ3v) is 17.0. The summed E-state index contributed by atoms with van der Waals surface area (Å²) in [5, 5.41) is 5.58. The molecule has 364 valence electrons. The first-order chi connectivity index (χ1) is 34.4. The van der Waals surface area contributed by atoms with E-state index in [9.17, 15) is 28.8 Å². The van der Waals surface area contributed by atoms with Crippen LogP contribution in [0, 0.1) is 6.92 Å². The lowest BCUT2D eigenvalue weighted by atomic mass is 9.92. The number of hydrogen-bond acceptors (Lipinski definition) is 15. The van der Waals surface area contributed by atoms with Crippen LogP contribution < -0.4 is 35.8 Å². The normalized spacial score (nSPS) is 23.1. The van der Waals surface area contributed by atoms with Gasteiger partial charge in [-0.25, -0.2) is 9.97 Å². The minimum Gasteiger partial charge on any atom is -0.488 e. The van der Waals surface area contributed by atoms with Gasteiger partial charge in [-0.2, -0.15) is 0 Å². The van der Waals surface area contributed by atoms with E-state index >= 15 is 0 Å². The largest absolute Gasteiger partial charge is 0.488 e. The highest BCUT2D eigenvalue weighted by Crippen LogP contribution is 2.46. The van der Waals surface area contributed by atoms with Crippen molar-refractivity contribution in [1.82, 2.24) is 30.1 Å². The van der Waals surface area contributed by atoms with Crippen LogP contribution in [0.5, 0.6) is 5.75 Å². The number of carbonyl (C=O) groups is 6. The Balaban J connectivity index is 0.695. The summed E-state index contributed by atoms with van der Waals surface area (Å²) in [5.74, 6) is -1.26. The Morgan fingerprint density at radius 3 is 2.51 bits per heavy atom. The first kappa shape index (κ1) is 44.9. The van der Waals surface area contributed by atoms with Crippen molar-refractivity contribution in [2.75, 3.05) is 59.3 Å². The molecule has 3 unspecified atom stereocenters. The lowest BCUT2D eigenvalue weighted by molar-refractivity contribution is -0.136. The number of piperazine rings is 1. The van der Waals surface area contributed by atoms with Crippen LogP contribution in [0.4, 0.5) is 28.7 Å². The minimum atomic E-state index is -1.04. The van der Waals surface area contributed by atoms with Gasteiger partial charge in [0.15, 0.2) is 5.75 Å². The van der Waals surface area contributed by atoms with Crippen molar-refractivity contribution in [3.63, 3.8) is 0 Å². The number of fused-ring (bicyclic) bond motifs is 8. The van der Waals surface area contributed by atoms with Gasteiger partial charge in [-0.3, -0.25) is 53.8 Å². The summed E-state index contributed by atoms with van der Waals surface area (Å²) in [6.45, 7) is 8.39. The highest BCUT2D eigenvalue weighted by atomic mass is 32.1. The Kier molecular flexibility index (Phi) is 11.1. The third kappa shape index (κ3) is 7.58. The van der Waals surface area contributed by atoms with E-state index in [1.165, 1.54) is 35.0 Å². The average molecular weight is 976 g/mol. The topological polar surface area (TPSA) is 217 Å². The number of primary amides is 1. The SMILES string of the molecule is Cc1c(-c2cc(Nc3ccc(N4CCN(C5CCN6c7ccc8c(c7OCC6C5)C(=O)N(C5CCC(=O)NC5=O)C8=O)C[C@@H]4C)cn3)c(C(N)=O)cn2)ccnc1N1CCc2c(sc3c2CCCC3)C1=O. The first-order valence-electron chi connectivity index (χ1n) is 24.6. The van der Waals surface area contributed by atoms with Crippen LogP contribution in [0.15, 0.2) is 55.0 Å². The molecule has 0 radical (unpaired) electrons. The van der Waals surface area contributed by atoms with Crippen LogP contribution in [0.2, 0.25) is 0 Å². The van der Waals surface area contributed by atoms with Crippen molar-refractivity contribution in [2.24, 2.45) is 5.73 Å². The lowest BCUT2D eigenvalue weighted by Crippen LogP contribution is -2.59. The van der Waals surface area contributed by atoms with Gasteiger partial charge < -0.3 is 25.6 Å². The molecule has 6 amide bonds. The minimum absolute atomic E-state index is 0.00196. The smallest absolute Gasteiger partial charge is 0.269 e. The molecule has 3 saturated heterocycles. The number of nitrogens with one attached hydrogen (secondary N) is 2. The van der Waals surface area contributed by atoms with Gasteiger partial charge in [0.25, 0.3) is 23.6 Å². The number of ether oxygens (including phenoxy) is 1. The molecular weight excluding hydrogens is 923 g/mol. The maximum absolute atomic E-state index is 14.0. The van der Waals surface area contributed by atoms with E-state index in [2.05, 4.69) is 37.2 Å². The predicted octanol–water partition coefficient (Wildman–Crippen LogP) is 5.17. The Morgan fingerprint density at radius 2 is 1.70 bits per heavy atom. The van der Waals surface area contributed by atoms with E-state index in [1.54, 1.807) is 34.6 Å². The second-order valence-corrected chi connectivity index (χ2v) is 20.8. The molecule has 71 heavy (non-hydrogen) atoms. The highest BCUT2D eigenvalue weighted by Gasteiger charge is 2.49. The van der Waals surface area contributed by atoms with Crippen LogP contribution >= 0.6 is 11.3 Å². The summed E-state index contributed by atoms with van der Waals surface area (Å²) in [7, 11) is 0. The Hall–Kier alpha value is -7.25. The van der Waals surface area contributed by atoms with Gasteiger partial charge in [0, 0.05) is 79.6 Å². The molecule has 4 N–H and O–H groups in total. The summed E-state index contributed by atoms with van der Waals surface area (Å²) in [4.78, 5) is 105. The number of nitrogens with two attached hydrogens (primary N) is 1. The number of carbonyl (C=O) groups excluding carboxylic acids is 6. The zero-order chi connectivity index (χ0) is 48.8. The van der Waals surface area contributed by atoms with Crippen molar-refractivity contribution in [1.29, 1.82) is 0 Å². The fraction of sp³-hybridized carbons (Fsp3) is 0.404. The second kappa shape index (κ2) is 17.6. The van der Waals surface area contributed by atoms with Crippen molar-refractivity contribution in [3.05, 3.63) is 98.1 Å². The molecule has 4 atom stereocenters. The summed E-state index contributed by atoms with van der Waals surface area (Å²) >= 11 is 1.65. The number of imide groups is 2. The van der Waals surface area contributed by atoms with E-state index in [0.29, 0.717) is 48.0 Å². The number of anilines is 5. The molecule has 3 fully saturated rings. The Labute approximate surface area is 413 Å². The Bertz CT molecular complexity index is 3100. The third-order valence-electron chi connectivity index (χ3n) is 15.7. The quantitative estimate of drug-likeness (QED) is 0.171. The van der Waals surface area contributed by atoms with Crippen molar-refractivity contribution >= 4 is 75.5 Å². The summed E-state index contributed by atoms with van der Waals surface area (Å²) in [6.07, 6.45) is 12.2. The number of nitrogens with zero attached hydrogens (tertiary/aromatic N) is 8. The van der Waals surface area contributed by atoms with E-state index in [1.807, 2.05) is 37.4 Å². The molecule has 7 aliphatic rings. The number of aromatic nitrogens is 3. The van der Waals surface area contributed by atoms with Crippen LogP contribution in [-0.4, -0.2) is 124 Å². The van der Waals surface area contributed by atoms with E-state index in [4.69, 9.17) is 20.4 Å². The van der Waals surface area contributed by atoms with Crippen molar-refractivity contribution in [3.8, 4) is 17.0 Å². The number of benzene rings is 1. The van der Waals surface area contributed by atoms with Gasteiger partial charge in [-0.05, 0) is 113 Å². The molecule has 6 aliphatic heterocycles. The molecular formula is C52H53N11O7S. The van der Waals surface area contributed by atoms with Crippen molar-refractivity contribution in [2.45, 2.75) is 95.8 Å². The molecule has 10 heterocycles. The molecule has 18 nitrogen and oxygen atoms in total. The van der Waals surface area contributed by atoms with Gasteiger partial charge in [-0.15, -0.1) is 11.3 Å². The molecule has 4 aromatic heterocycles. The number of aryl methyl sites for hydroxylation is 1. The number of hydrogen-bond donors (Lipinski definition) is 3. The van der Waals surface area contributed by atoms with Crippen LogP contribution in [0.25, 0.3) is 11.3 Å². The van der Waals surface area contributed by atoms with E-state index in [0.717, 1.165) is 90.6 Å². The van der Waals surface area contributed by atoms with Crippen LogP contribution in [-0.2, 0) is 28.9 Å². The van der Waals surface area contributed by atoms with Crippen LogP contribution in [0.3, 0.4) is 0 Å².